The van der Waals surface area contributed by atoms with Gasteiger partial charge in [0.2, 0.25) is 5.91 Å². The second-order valence-corrected chi connectivity index (χ2v) is 9.72. The minimum Gasteiger partial charge on any atom is -0.324 e. The van der Waals surface area contributed by atoms with Gasteiger partial charge in [-0.25, -0.2) is 8.42 Å². The van der Waals surface area contributed by atoms with Crippen molar-refractivity contribution in [3.63, 3.8) is 0 Å². The summed E-state index contributed by atoms with van der Waals surface area (Å²) in [6.45, 7) is 8.61. The molecule has 2 rings (SSSR count). The summed E-state index contributed by atoms with van der Waals surface area (Å²) in [7, 11) is -3.41. The molecule has 1 atom stereocenters. The molecule has 152 valence electrons. The van der Waals surface area contributed by atoms with E-state index in [1.807, 2.05) is 0 Å². The van der Waals surface area contributed by atoms with Gasteiger partial charge in [0.05, 0.1) is 17.1 Å². The van der Waals surface area contributed by atoms with E-state index in [4.69, 9.17) is 0 Å². The smallest absolute Gasteiger partial charge is 0.238 e. The van der Waals surface area contributed by atoms with Crippen LogP contribution in [-0.4, -0.2) is 27.1 Å². The molecule has 0 heterocycles. The molecular weight excluding hydrogens is 372 g/mol. The van der Waals surface area contributed by atoms with E-state index in [9.17, 15) is 13.2 Å². The summed E-state index contributed by atoms with van der Waals surface area (Å²) in [6.07, 6.45) is 1.13. The summed E-state index contributed by atoms with van der Waals surface area (Å²) in [6, 6.07) is 14.9. The lowest BCUT2D eigenvalue weighted by atomic mass is 9.93. The van der Waals surface area contributed by atoms with E-state index in [2.05, 4.69) is 62.6 Å². The van der Waals surface area contributed by atoms with Gasteiger partial charge in [0, 0.05) is 12.3 Å². The van der Waals surface area contributed by atoms with Gasteiger partial charge in [0.1, 0.15) is 0 Å². The van der Waals surface area contributed by atoms with Crippen LogP contribution in [0.15, 0.2) is 53.4 Å². The van der Waals surface area contributed by atoms with Crippen molar-refractivity contribution >= 4 is 21.4 Å². The molecular formula is C22H30N2O3S. The normalized spacial score (nSPS) is 13.0. The maximum absolute atomic E-state index is 12.4. The third-order valence-corrected chi connectivity index (χ3v) is 5.83. The number of anilines is 1. The van der Waals surface area contributed by atoms with Crippen molar-refractivity contribution < 1.29 is 13.2 Å². The molecule has 1 amide bonds. The first-order valence-electron chi connectivity index (χ1n) is 9.51. The lowest BCUT2D eigenvalue weighted by molar-refractivity contribution is -0.115. The first-order chi connectivity index (χ1) is 13.1. The number of nitrogens with one attached hydrogen (secondary N) is 2. The summed E-state index contributed by atoms with van der Waals surface area (Å²) < 4.78 is 23.8. The number of amides is 1. The quantitative estimate of drug-likeness (QED) is 0.696. The van der Waals surface area contributed by atoms with Gasteiger partial charge in [-0.2, -0.15) is 0 Å². The average molecular weight is 403 g/mol. The molecule has 2 aromatic carbocycles. The van der Waals surface area contributed by atoms with E-state index in [-0.39, 0.29) is 23.4 Å². The van der Waals surface area contributed by atoms with Crippen LogP contribution in [0.5, 0.6) is 0 Å². The summed E-state index contributed by atoms with van der Waals surface area (Å²) in [5.74, 6) is 0.488. The largest absolute Gasteiger partial charge is 0.324 e. The van der Waals surface area contributed by atoms with Gasteiger partial charge < -0.3 is 10.6 Å². The highest BCUT2D eigenvalue weighted by atomic mass is 32.2. The molecule has 2 N–H and O–H groups in total. The Kier molecular flexibility index (Phi) is 7.38. The van der Waals surface area contributed by atoms with Crippen LogP contribution < -0.4 is 10.6 Å². The van der Waals surface area contributed by atoms with Crippen LogP contribution >= 0.6 is 0 Å². The molecule has 2 aromatic rings. The van der Waals surface area contributed by atoms with Crippen LogP contribution in [0.1, 0.15) is 50.8 Å². The molecule has 28 heavy (non-hydrogen) atoms. The van der Waals surface area contributed by atoms with E-state index in [1.165, 1.54) is 11.6 Å². The number of hydrogen-bond acceptors (Lipinski definition) is 4. The van der Waals surface area contributed by atoms with Gasteiger partial charge in [0.25, 0.3) is 0 Å². The highest BCUT2D eigenvalue weighted by molar-refractivity contribution is 7.90. The Hall–Kier alpha value is -2.18. The van der Waals surface area contributed by atoms with Crippen LogP contribution in [-0.2, 0) is 14.6 Å². The monoisotopic (exact) mass is 402 g/mol. The Labute approximate surface area is 168 Å². The highest BCUT2D eigenvalue weighted by Gasteiger charge is 2.18. The van der Waals surface area contributed by atoms with Crippen molar-refractivity contribution in [2.45, 2.75) is 44.6 Å². The fourth-order valence-electron chi connectivity index (χ4n) is 3.12. The molecule has 0 bridgehead atoms. The zero-order chi connectivity index (χ0) is 20.9. The Morgan fingerprint density at radius 2 is 1.50 bits per heavy atom. The van der Waals surface area contributed by atoms with Gasteiger partial charge in [-0.05, 0) is 35.1 Å². The molecule has 0 aliphatic rings. The molecule has 6 heteroatoms. The van der Waals surface area contributed by atoms with Gasteiger partial charge in [-0.3, -0.25) is 4.79 Å². The molecule has 0 aliphatic carbocycles. The molecule has 0 saturated heterocycles. The minimum atomic E-state index is -3.41. The number of sulfone groups is 1. The lowest BCUT2D eigenvalue weighted by Crippen LogP contribution is -2.33. The Balaban J connectivity index is 2.07. The van der Waals surface area contributed by atoms with Crippen molar-refractivity contribution in [1.82, 2.24) is 5.32 Å². The van der Waals surface area contributed by atoms with Crippen molar-refractivity contribution in [3.05, 3.63) is 59.7 Å². The first kappa shape index (κ1) is 22.1. The Morgan fingerprint density at radius 1 is 0.929 bits per heavy atom. The third-order valence-electron chi connectivity index (χ3n) is 4.67. The molecule has 0 fully saturated rings. The first-order valence-corrected chi connectivity index (χ1v) is 11.4. The second kappa shape index (κ2) is 9.34. The van der Waals surface area contributed by atoms with E-state index < -0.39 is 9.84 Å². The van der Waals surface area contributed by atoms with Crippen LogP contribution in [0.2, 0.25) is 0 Å². The van der Waals surface area contributed by atoms with E-state index in [0.29, 0.717) is 17.5 Å². The van der Waals surface area contributed by atoms with Crippen LogP contribution in [0.4, 0.5) is 5.69 Å². The summed E-state index contributed by atoms with van der Waals surface area (Å²) in [5, 5.41) is 6.01. The van der Waals surface area contributed by atoms with E-state index in [1.54, 1.807) is 18.2 Å². The molecule has 5 nitrogen and oxygen atoms in total. The number of hydrogen-bond donors (Lipinski definition) is 2. The molecule has 0 spiro atoms. The molecule has 0 saturated carbocycles. The maximum atomic E-state index is 12.4. The van der Waals surface area contributed by atoms with Crippen molar-refractivity contribution in [2.75, 3.05) is 18.1 Å². The maximum Gasteiger partial charge on any atom is 0.238 e. The number of benzene rings is 2. The van der Waals surface area contributed by atoms with Crippen LogP contribution in [0.25, 0.3) is 0 Å². The Bertz CT molecular complexity index is 904. The average Bonchev–Trinajstić information content (AvgIpc) is 2.61. The van der Waals surface area contributed by atoms with Crippen molar-refractivity contribution in [2.24, 2.45) is 5.92 Å². The number of rotatable bonds is 8. The lowest BCUT2D eigenvalue weighted by Gasteiger charge is -2.23. The van der Waals surface area contributed by atoms with E-state index in [0.717, 1.165) is 11.8 Å². The number of carbonyl (C=O) groups is 1. The zero-order valence-electron chi connectivity index (χ0n) is 17.2. The second-order valence-electron chi connectivity index (χ2n) is 7.74. The molecule has 0 unspecified atom stereocenters. The molecule has 0 aliphatic heterocycles. The van der Waals surface area contributed by atoms with Gasteiger partial charge in [-0.15, -0.1) is 0 Å². The topological polar surface area (TPSA) is 75.3 Å². The standard InChI is InChI=1S/C22H30N2O3S/c1-15(2)17-10-12-18(13-11-17)22(16(3)4)23-14-21(25)24-19-8-6-7-9-20(19)28(5,26)27/h6-13,15-16,22-23H,14H2,1-5H3,(H,24,25)/t22-/m1/s1. The SMILES string of the molecule is CC(C)c1ccc([C@H](NCC(=O)Nc2ccccc2S(C)(=O)=O)C(C)C)cc1. The zero-order valence-corrected chi connectivity index (χ0v) is 18.0. The Morgan fingerprint density at radius 3 is 2.04 bits per heavy atom. The fraction of sp³-hybridized carbons (Fsp3) is 0.409. The van der Waals surface area contributed by atoms with Crippen LogP contribution in [0, 0.1) is 5.92 Å². The van der Waals surface area contributed by atoms with Crippen LogP contribution in [0.3, 0.4) is 0 Å². The van der Waals surface area contributed by atoms with E-state index >= 15 is 0 Å². The van der Waals surface area contributed by atoms with Gasteiger partial charge in [0.15, 0.2) is 9.84 Å². The van der Waals surface area contributed by atoms with Crippen molar-refractivity contribution in [3.8, 4) is 0 Å². The van der Waals surface area contributed by atoms with Gasteiger partial charge >= 0.3 is 0 Å². The predicted octanol–water partition coefficient (Wildman–Crippen LogP) is 4.14. The molecule has 0 radical (unpaired) electrons. The summed E-state index contributed by atoms with van der Waals surface area (Å²) in [4.78, 5) is 12.5. The number of para-hydroxylation sites is 1. The molecule has 0 aromatic heterocycles. The summed E-state index contributed by atoms with van der Waals surface area (Å²) >= 11 is 0. The fourth-order valence-corrected chi connectivity index (χ4v) is 3.96. The highest BCUT2D eigenvalue weighted by Crippen LogP contribution is 2.24. The number of carbonyl (C=O) groups excluding carboxylic acids is 1. The summed E-state index contributed by atoms with van der Waals surface area (Å²) in [5.41, 5.74) is 2.71. The van der Waals surface area contributed by atoms with Crippen molar-refractivity contribution in [1.29, 1.82) is 0 Å². The van der Waals surface area contributed by atoms with Gasteiger partial charge in [-0.1, -0.05) is 64.1 Å². The minimum absolute atomic E-state index is 0.0251. The third kappa shape index (κ3) is 5.91. The predicted molar refractivity (Wildman–Crippen MR) is 114 cm³/mol.